The Bertz CT molecular complexity index is 949. The van der Waals surface area contributed by atoms with Gasteiger partial charge in [-0.05, 0) is 50.6 Å². The zero-order valence-electron chi connectivity index (χ0n) is 16.8. The Morgan fingerprint density at radius 1 is 1.21 bits per heavy atom. The highest BCUT2D eigenvalue weighted by molar-refractivity contribution is 5.92. The number of amides is 1. The molecular formula is C22H26N4O2. The molecule has 0 radical (unpaired) electrons. The van der Waals surface area contributed by atoms with Gasteiger partial charge in [-0.1, -0.05) is 12.1 Å². The van der Waals surface area contributed by atoms with Gasteiger partial charge in [0.25, 0.3) is 5.91 Å². The van der Waals surface area contributed by atoms with E-state index in [1.807, 2.05) is 69.1 Å². The fraction of sp³-hybridized carbons (Fsp3) is 0.318. The first-order valence-electron chi connectivity index (χ1n) is 9.45. The number of nitrogens with zero attached hydrogens (tertiary/aromatic N) is 4. The largest absolute Gasteiger partial charge is 0.493 e. The van der Waals surface area contributed by atoms with Gasteiger partial charge >= 0.3 is 0 Å². The molecule has 0 spiro atoms. The third-order valence-corrected chi connectivity index (χ3v) is 4.45. The highest BCUT2D eigenvalue weighted by atomic mass is 16.5. The van der Waals surface area contributed by atoms with E-state index < -0.39 is 0 Å². The number of hydrogen-bond donors (Lipinski definition) is 0. The van der Waals surface area contributed by atoms with Crippen LogP contribution >= 0.6 is 0 Å². The van der Waals surface area contributed by atoms with Crippen molar-refractivity contribution in [3.8, 4) is 17.0 Å². The molecule has 146 valence electrons. The molecule has 1 amide bonds. The predicted molar refractivity (Wildman–Crippen MR) is 109 cm³/mol. The first-order valence-corrected chi connectivity index (χ1v) is 9.45. The van der Waals surface area contributed by atoms with E-state index in [0.29, 0.717) is 18.8 Å². The van der Waals surface area contributed by atoms with Crippen molar-refractivity contribution in [3.63, 3.8) is 0 Å². The molecule has 0 aliphatic heterocycles. The minimum Gasteiger partial charge on any atom is -0.493 e. The molecule has 6 nitrogen and oxygen atoms in total. The number of hydrogen-bond acceptors (Lipinski definition) is 4. The Labute approximate surface area is 165 Å². The van der Waals surface area contributed by atoms with Crippen molar-refractivity contribution in [1.29, 1.82) is 0 Å². The van der Waals surface area contributed by atoms with Crippen molar-refractivity contribution in [2.45, 2.75) is 33.4 Å². The molecule has 28 heavy (non-hydrogen) atoms. The van der Waals surface area contributed by atoms with E-state index in [1.165, 1.54) is 0 Å². The molecule has 0 bridgehead atoms. The van der Waals surface area contributed by atoms with Crippen molar-refractivity contribution in [1.82, 2.24) is 19.4 Å². The number of aromatic nitrogens is 3. The fourth-order valence-electron chi connectivity index (χ4n) is 3.04. The maximum atomic E-state index is 12.9. The van der Waals surface area contributed by atoms with Crippen LogP contribution in [0, 0.1) is 0 Å². The van der Waals surface area contributed by atoms with Crippen molar-refractivity contribution in [2.24, 2.45) is 7.05 Å². The normalized spacial score (nSPS) is 10.9. The van der Waals surface area contributed by atoms with Crippen LogP contribution in [-0.2, 0) is 13.6 Å². The van der Waals surface area contributed by atoms with Crippen molar-refractivity contribution >= 4 is 5.91 Å². The summed E-state index contributed by atoms with van der Waals surface area (Å²) in [5.41, 5.74) is 3.23. The van der Waals surface area contributed by atoms with Crippen LogP contribution in [0.3, 0.4) is 0 Å². The number of para-hydroxylation sites is 1. The molecule has 0 N–H and O–H groups in total. The van der Waals surface area contributed by atoms with Gasteiger partial charge in [-0.15, -0.1) is 0 Å². The molecule has 3 aromatic rings. The number of carbonyl (C=O) groups is 1. The van der Waals surface area contributed by atoms with Crippen LogP contribution in [-0.4, -0.2) is 38.0 Å². The molecule has 0 aliphatic carbocycles. The van der Waals surface area contributed by atoms with Gasteiger partial charge in [0.1, 0.15) is 11.4 Å². The van der Waals surface area contributed by atoms with Crippen molar-refractivity contribution in [2.75, 3.05) is 6.61 Å². The quantitative estimate of drug-likeness (QED) is 0.625. The summed E-state index contributed by atoms with van der Waals surface area (Å²) in [6.45, 7) is 7.06. The zero-order valence-corrected chi connectivity index (χ0v) is 16.8. The number of benzene rings is 1. The van der Waals surface area contributed by atoms with Crippen LogP contribution in [0.5, 0.6) is 5.75 Å². The summed E-state index contributed by atoms with van der Waals surface area (Å²) in [5.74, 6) is 0.726. The lowest BCUT2D eigenvalue weighted by Gasteiger charge is -2.26. The Kier molecular flexibility index (Phi) is 6.09. The van der Waals surface area contributed by atoms with Gasteiger partial charge < -0.3 is 14.2 Å². The Hall–Kier alpha value is -3.15. The van der Waals surface area contributed by atoms with E-state index in [0.717, 1.165) is 22.6 Å². The van der Waals surface area contributed by atoms with E-state index in [1.54, 1.807) is 23.3 Å². The molecule has 0 unspecified atom stereocenters. The second-order valence-corrected chi connectivity index (χ2v) is 6.93. The Morgan fingerprint density at radius 3 is 2.68 bits per heavy atom. The van der Waals surface area contributed by atoms with Crippen molar-refractivity contribution in [3.05, 3.63) is 66.4 Å². The molecule has 2 heterocycles. The van der Waals surface area contributed by atoms with E-state index in [-0.39, 0.29) is 11.9 Å². The maximum Gasteiger partial charge on any atom is 0.274 e. The number of imidazole rings is 1. The molecular weight excluding hydrogens is 352 g/mol. The van der Waals surface area contributed by atoms with Gasteiger partial charge in [-0.3, -0.25) is 9.78 Å². The number of rotatable bonds is 7. The smallest absolute Gasteiger partial charge is 0.274 e. The monoisotopic (exact) mass is 378 g/mol. The highest BCUT2D eigenvalue weighted by Gasteiger charge is 2.21. The highest BCUT2D eigenvalue weighted by Crippen LogP contribution is 2.29. The van der Waals surface area contributed by atoms with Gasteiger partial charge in [0.2, 0.25) is 0 Å². The summed E-state index contributed by atoms with van der Waals surface area (Å²) in [4.78, 5) is 23.4. The SMILES string of the molecule is CCOc1ccccc1-c1cc(CN(C(=O)c2cn(C)cn2)C(C)C)ccn1. The van der Waals surface area contributed by atoms with Crippen LogP contribution < -0.4 is 4.74 Å². The van der Waals surface area contributed by atoms with Gasteiger partial charge in [0.15, 0.2) is 0 Å². The summed E-state index contributed by atoms with van der Waals surface area (Å²) in [5, 5.41) is 0. The third kappa shape index (κ3) is 4.39. The number of carbonyl (C=O) groups excluding carboxylic acids is 1. The van der Waals surface area contributed by atoms with Crippen LogP contribution in [0.4, 0.5) is 0 Å². The fourth-order valence-corrected chi connectivity index (χ4v) is 3.04. The van der Waals surface area contributed by atoms with Gasteiger partial charge in [-0.2, -0.15) is 0 Å². The molecule has 0 saturated heterocycles. The maximum absolute atomic E-state index is 12.9. The molecule has 0 fully saturated rings. The van der Waals surface area contributed by atoms with Crippen LogP contribution in [0.1, 0.15) is 36.8 Å². The van der Waals surface area contributed by atoms with E-state index in [2.05, 4.69) is 9.97 Å². The summed E-state index contributed by atoms with van der Waals surface area (Å²) in [6, 6.07) is 11.9. The average molecular weight is 378 g/mol. The molecule has 1 aromatic carbocycles. The third-order valence-electron chi connectivity index (χ3n) is 4.45. The number of pyridine rings is 1. The topological polar surface area (TPSA) is 60.2 Å². The zero-order chi connectivity index (χ0) is 20.1. The van der Waals surface area contributed by atoms with Crippen LogP contribution in [0.2, 0.25) is 0 Å². The lowest BCUT2D eigenvalue weighted by molar-refractivity contribution is 0.0684. The van der Waals surface area contributed by atoms with Crippen LogP contribution in [0.15, 0.2) is 55.1 Å². The van der Waals surface area contributed by atoms with E-state index >= 15 is 0 Å². The average Bonchev–Trinajstić information content (AvgIpc) is 3.13. The molecule has 3 rings (SSSR count). The molecule has 6 heteroatoms. The molecule has 2 aromatic heterocycles. The minimum atomic E-state index is -0.0799. The summed E-state index contributed by atoms with van der Waals surface area (Å²) in [7, 11) is 1.86. The molecule has 0 atom stereocenters. The lowest BCUT2D eigenvalue weighted by atomic mass is 10.1. The minimum absolute atomic E-state index is 0.0434. The molecule has 0 aliphatic rings. The number of ether oxygens (including phenoxy) is 1. The Morgan fingerprint density at radius 2 is 2.00 bits per heavy atom. The first-order chi connectivity index (χ1) is 13.5. The van der Waals surface area contributed by atoms with Gasteiger partial charge in [-0.25, -0.2) is 4.98 Å². The predicted octanol–water partition coefficient (Wildman–Crippen LogP) is 3.93. The van der Waals surface area contributed by atoms with E-state index in [4.69, 9.17) is 4.74 Å². The summed E-state index contributed by atoms with van der Waals surface area (Å²) in [6.07, 6.45) is 5.16. The Balaban J connectivity index is 1.88. The summed E-state index contributed by atoms with van der Waals surface area (Å²) < 4.78 is 7.51. The second-order valence-electron chi connectivity index (χ2n) is 6.93. The summed E-state index contributed by atoms with van der Waals surface area (Å²) >= 11 is 0. The number of aryl methyl sites for hydroxylation is 1. The standard InChI is InChI=1S/C22H26N4O2/c1-5-28-21-9-7-6-8-18(21)19-12-17(10-11-23-19)13-26(16(2)3)22(27)20-14-25(4)15-24-20/h6-12,14-16H,5,13H2,1-4H3. The van der Waals surface area contributed by atoms with Gasteiger partial charge in [0, 0.05) is 37.6 Å². The lowest BCUT2D eigenvalue weighted by Crippen LogP contribution is -2.36. The molecule has 0 saturated carbocycles. The van der Waals surface area contributed by atoms with Gasteiger partial charge in [0.05, 0.1) is 18.6 Å². The van der Waals surface area contributed by atoms with Crippen molar-refractivity contribution < 1.29 is 9.53 Å². The van der Waals surface area contributed by atoms with E-state index in [9.17, 15) is 4.79 Å². The van der Waals surface area contributed by atoms with Crippen LogP contribution in [0.25, 0.3) is 11.3 Å². The second kappa shape index (κ2) is 8.69. The first kappa shape index (κ1) is 19.6.